The van der Waals surface area contributed by atoms with E-state index in [1.165, 1.54) is 12.1 Å². The Morgan fingerprint density at radius 3 is 2.86 bits per heavy atom. The fourth-order valence-electron chi connectivity index (χ4n) is 2.02. The highest BCUT2D eigenvalue weighted by molar-refractivity contribution is 6.30. The van der Waals surface area contributed by atoms with Gasteiger partial charge in [0.2, 0.25) is 0 Å². The summed E-state index contributed by atoms with van der Waals surface area (Å²) in [6.45, 7) is 1.81. The van der Waals surface area contributed by atoms with Gasteiger partial charge >= 0.3 is 0 Å². The molecule has 1 aromatic carbocycles. The minimum Gasteiger partial charge on any atom is -0.281 e. The molecule has 8 heteroatoms. The Labute approximate surface area is 130 Å². The monoisotopic (exact) mass is 315 g/mol. The summed E-state index contributed by atoms with van der Waals surface area (Å²) in [5, 5.41) is 19.5. The number of nitro groups is 1. The van der Waals surface area contributed by atoms with Crippen molar-refractivity contribution in [2.75, 3.05) is 0 Å². The van der Waals surface area contributed by atoms with Crippen LogP contribution in [-0.2, 0) is 0 Å². The van der Waals surface area contributed by atoms with Crippen molar-refractivity contribution in [3.8, 4) is 0 Å². The van der Waals surface area contributed by atoms with Crippen LogP contribution in [0.2, 0.25) is 5.02 Å². The molecular formula is C14H10ClN5O2. The molecule has 0 aliphatic rings. The van der Waals surface area contributed by atoms with E-state index < -0.39 is 4.92 Å². The van der Waals surface area contributed by atoms with E-state index in [1.807, 2.05) is 6.92 Å². The van der Waals surface area contributed by atoms with Crippen molar-refractivity contribution in [1.82, 2.24) is 9.38 Å². The molecule has 0 radical (unpaired) electrons. The van der Waals surface area contributed by atoms with E-state index in [0.717, 1.165) is 0 Å². The number of halogens is 1. The highest BCUT2D eigenvalue weighted by atomic mass is 35.5. The third kappa shape index (κ3) is 2.66. The molecule has 2 aromatic heterocycles. The zero-order valence-electron chi connectivity index (χ0n) is 11.5. The van der Waals surface area contributed by atoms with Crippen LogP contribution in [0, 0.1) is 17.0 Å². The van der Waals surface area contributed by atoms with Crippen molar-refractivity contribution in [3.05, 3.63) is 63.4 Å². The van der Waals surface area contributed by atoms with Crippen LogP contribution < -0.4 is 0 Å². The van der Waals surface area contributed by atoms with Gasteiger partial charge in [0.1, 0.15) is 5.65 Å². The predicted molar refractivity (Wildman–Crippen MR) is 82.2 cm³/mol. The third-order valence-corrected chi connectivity index (χ3v) is 3.25. The van der Waals surface area contributed by atoms with E-state index in [-0.39, 0.29) is 5.69 Å². The van der Waals surface area contributed by atoms with Crippen LogP contribution in [0.3, 0.4) is 0 Å². The van der Waals surface area contributed by atoms with Gasteiger partial charge in [0, 0.05) is 18.3 Å². The maximum atomic E-state index is 10.8. The van der Waals surface area contributed by atoms with Crippen molar-refractivity contribution >= 4 is 34.4 Å². The molecule has 0 fully saturated rings. The standard InChI is InChI=1S/C14H10ClN5O2/c1-9-14(19-8-10(15)5-6-13(19)16-9)18-17-11-3-2-4-12(7-11)20(21)22/h2-8H,1H3. The van der Waals surface area contributed by atoms with Gasteiger partial charge in [-0.2, -0.15) is 0 Å². The molecule has 0 saturated carbocycles. The van der Waals surface area contributed by atoms with Crippen LogP contribution in [0.1, 0.15) is 5.69 Å². The number of hydrogen-bond donors (Lipinski definition) is 0. The summed E-state index contributed by atoms with van der Waals surface area (Å²) in [6.07, 6.45) is 1.69. The molecule has 7 nitrogen and oxygen atoms in total. The largest absolute Gasteiger partial charge is 0.281 e. The van der Waals surface area contributed by atoms with Gasteiger partial charge in [-0.1, -0.05) is 17.7 Å². The third-order valence-electron chi connectivity index (χ3n) is 3.03. The maximum absolute atomic E-state index is 10.8. The van der Waals surface area contributed by atoms with E-state index in [9.17, 15) is 10.1 Å². The lowest BCUT2D eigenvalue weighted by atomic mass is 10.3. The van der Waals surface area contributed by atoms with Gasteiger partial charge in [-0.25, -0.2) is 4.98 Å². The predicted octanol–water partition coefficient (Wildman–Crippen LogP) is 4.62. The zero-order valence-corrected chi connectivity index (χ0v) is 12.2. The van der Waals surface area contributed by atoms with Gasteiger partial charge < -0.3 is 0 Å². The first-order chi connectivity index (χ1) is 10.5. The van der Waals surface area contributed by atoms with Crippen molar-refractivity contribution < 1.29 is 4.92 Å². The Kier molecular flexibility index (Phi) is 3.56. The molecule has 22 heavy (non-hydrogen) atoms. The molecule has 0 N–H and O–H groups in total. The fraction of sp³-hybridized carbons (Fsp3) is 0.0714. The Hall–Kier alpha value is -2.80. The number of nitro benzene ring substituents is 1. The Balaban J connectivity index is 2.02. The number of azo groups is 1. The molecule has 0 unspecified atom stereocenters. The van der Waals surface area contributed by atoms with E-state index in [2.05, 4.69) is 15.2 Å². The van der Waals surface area contributed by atoms with E-state index in [0.29, 0.717) is 27.9 Å². The second-order valence-electron chi connectivity index (χ2n) is 4.57. The van der Waals surface area contributed by atoms with Crippen LogP contribution in [0.15, 0.2) is 52.8 Å². The number of nitrogens with zero attached hydrogens (tertiary/aromatic N) is 5. The van der Waals surface area contributed by atoms with Gasteiger partial charge in [-0.05, 0) is 25.1 Å². The van der Waals surface area contributed by atoms with Crippen molar-refractivity contribution in [1.29, 1.82) is 0 Å². The lowest BCUT2D eigenvalue weighted by molar-refractivity contribution is -0.384. The molecule has 0 spiro atoms. The minimum atomic E-state index is -0.474. The van der Waals surface area contributed by atoms with Gasteiger partial charge in [0.25, 0.3) is 5.69 Å². The lowest BCUT2D eigenvalue weighted by Gasteiger charge is -1.97. The van der Waals surface area contributed by atoms with Crippen molar-refractivity contribution in [3.63, 3.8) is 0 Å². The van der Waals surface area contributed by atoms with Crippen LogP contribution in [0.25, 0.3) is 5.65 Å². The van der Waals surface area contributed by atoms with Gasteiger partial charge in [0.05, 0.1) is 21.3 Å². The smallest absolute Gasteiger partial charge is 0.271 e. The molecule has 0 bridgehead atoms. The average Bonchev–Trinajstić information content (AvgIpc) is 2.80. The van der Waals surface area contributed by atoms with Crippen molar-refractivity contribution in [2.24, 2.45) is 10.2 Å². The summed E-state index contributed by atoms with van der Waals surface area (Å²) in [5.74, 6) is 0.531. The van der Waals surface area contributed by atoms with Crippen LogP contribution >= 0.6 is 11.6 Å². The first kappa shape index (κ1) is 14.2. The second-order valence-corrected chi connectivity index (χ2v) is 5.01. The summed E-state index contributed by atoms with van der Waals surface area (Å²) < 4.78 is 1.72. The fourth-order valence-corrected chi connectivity index (χ4v) is 2.18. The minimum absolute atomic E-state index is 0.0330. The molecular weight excluding hydrogens is 306 g/mol. The summed E-state index contributed by atoms with van der Waals surface area (Å²) in [7, 11) is 0. The Morgan fingerprint density at radius 2 is 2.09 bits per heavy atom. The maximum Gasteiger partial charge on any atom is 0.271 e. The number of rotatable bonds is 3. The molecule has 0 amide bonds. The number of aromatic nitrogens is 2. The summed E-state index contributed by atoms with van der Waals surface area (Å²) in [4.78, 5) is 14.6. The lowest BCUT2D eigenvalue weighted by Crippen LogP contribution is -1.86. The van der Waals surface area contributed by atoms with Gasteiger partial charge in [-0.3, -0.25) is 14.5 Å². The van der Waals surface area contributed by atoms with Crippen molar-refractivity contribution in [2.45, 2.75) is 6.92 Å². The molecule has 3 rings (SSSR count). The summed E-state index contributed by atoms with van der Waals surface area (Å²) >= 11 is 5.98. The number of non-ortho nitro benzene ring substituents is 1. The molecule has 3 aromatic rings. The van der Waals surface area contributed by atoms with Crippen LogP contribution in [-0.4, -0.2) is 14.3 Å². The number of hydrogen-bond acceptors (Lipinski definition) is 5. The number of fused-ring (bicyclic) bond motifs is 1. The number of pyridine rings is 1. The van der Waals surface area contributed by atoms with Gasteiger partial charge in [0.15, 0.2) is 5.82 Å². The average molecular weight is 316 g/mol. The molecule has 0 aliphatic carbocycles. The van der Waals surface area contributed by atoms with Crippen LogP contribution in [0.4, 0.5) is 17.2 Å². The second kappa shape index (κ2) is 5.53. The molecule has 0 aliphatic heterocycles. The molecule has 2 heterocycles. The highest BCUT2D eigenvalue weighted by Gasteiger charge is 2.09. The molecule has 0 atom stereocenters. The van der Waals surface area contributed by atoms with Crippen LogP contribution in [0.5, 0.6) is 0 Å². The zero-order chi connectivity index (χ0) is 15.7. The Morgan fingerprint density at radius 1 is 1.27 bits per heavy atom. The first-order valence-corrected chi connectivity index (χ1v) is 6.73. The summed E-state index contributed by atoms with van der Waals surface area (Å²) in [6, 6.07) is 9.48. The summed E-state index contributed by atoms with van der Waals surface area (Å²) in [5.41, 5.74) is 1.76. The number of aryl methyl sites for hydroxylation is 1. The quantitative estimate of drug-likeness (QED) is 0.401. The van der Waals surface area contributed by atoms with E-state index >= 15 is 0 Å². The highest BCUT2D eigenvalue weighted by Crippen LogP contribution is 2.26. The number of imidazole rings is 1. The van der Waals surface area contributed by atoms with Gasteiger partial charge in [-0.15, -0.1) is 10.2 Å². The first-order valence-electron chi connectivity index (χ1n) is 6.35. The van der Waals surface area contributed by atoms with E-state index in [4.69, 9.17) is 11.6 Å². The normalized spacial score (nSPS) is 11.4. The number of benzene rings is 1. The SMILES string of the molecule is Cc1nc2ccc(Cl)cn2c1N=Nc1cccc([N+](=O)[O-])c1. The molecule has 0 saturated heterocycles. The molecule has 110 valence electrons. The Bertz CT molecular complexity index is 903. The van der Waals surface area contributed by atoms with E-state index in [1.54, 1.807) is 34.9 Å². The topological polar surface area (TPSA) is 85.2 Å².